The first-order valence-electron chi connectivity index (χ1n) is 12.7. The van der Waals surface area contributed by atoms with Gasteiger partial charge in [-0.3, -0.25) is 9.59 Å². The highest BCUT2D eigenvalue weighted by Crippen LogP contribution is 2.57. The Hall–Kier alpha value is -2.98. The van der Waals surface area contributed by atoms with Gasteiger partial charge < -0.3 is 19.7 Å². The molecule has 1 aliphatic carbocycles. The summed E-state index contributed by atoms with van der Waals surface area (Å²) in [6, 6.07) is 8.97. The first-order valence-corrected chi connectivity index (χ1v) is 13.4. The number of alkyl halides is 3. The summed E-state index contributed by atoms with van der Waals surface area (Å²) in [6.07, 6.45) is -4.53. The molecule has 0 spiro atoms. The first kappa shape index (κ1) is 27.6. The molecule has 0 atom stereocenters. The van der Waals surface area contributed by atoms with Crippen LogP contribution in [0.2, 0.25) is 10.0 Å². The lowest BCUT2D eigenvalue weighted by molar-refractivity contribution is -0.192. The molecule has 1 saturated heterocycles. The maximum Gasteiger partial charge on any atom is 0.403 e. The van der Waals surface area contributed by atoms with E-state index in [4.69, 9.17) is 28.2 Å². The molecule has 0 bridgehead atoms. The minimum Gasteiger partial charge on any atom is -0.367 e. The van der Waals surface area contributed by atoms with Crippen molar-refractivity contribution in [3.63, 3.8) is 0 Å². The number of halogens is 5. The van der Waals surface area contributed by atoms with Crippen LogP contribution < -0.4 is 10.2 Å². The second-order valence-electron chi connectivity index (χ2n) is 10.2. The average molecular weight is 582 g/mol. The smallest absolute Gasteiger partial charge is 0.367 e. The molecule has 208 valence electrons. The average Bonchev–Trinajstić information content (AvgIpc) is 3.66. The van der Waals surface area contributed by atoms with Crippen molar-refractivity contribution in [2.24, 2.45) is 12.5 Å². The maximum atomic E-state index is 13.2. The Labute approximate surface area is 233 Å². The van der Waals surface area contributed by atoms with E-state index in [1.54, 1.807) is 25.1 Å². The molecular formula is C27H28Cl2F3N5O2. The summed E-state index contributed by atoms with van der Waals surface area (Å²) in [5.41, 5.74) is 1.63. The highest BCUT2D eigenvalue weighted by atomic mass is 35.5. The van der Waals surface area contributed by atoms with Crippen molar-refractivity contribution in [1.29, 1.82) is 0 Å². The first-order chi connectivity index (χ1) is 18.4. The van der Waals surface area contributed by atoms with Gasteiger partial charge in [-0.1, -0.05) is 35.3 Å². The van der Waals surface area contributed by atoms with Crippen LogP contribution in [0.5, 0.6) is 0 Å². The van der Waals surface area contributed by atoms with E-state index in [-0.39, 0.29) is 25.3 Å². The van der Waals surface area contributed by atoms with E-state index in [2.05, 4.69) is 10.2 Å². The van der Waals surface area contributed by atoms with Gasteiger partial charge in [0.15, 0.2) is 0 Å². The van der Waals surface area contributed by atoms with Crippen molar-refractivity contribution in [2.75, 3.05) is 31.1 Å². The Balaban J connectivity index is 1.33. The Morgan fingerprint density at radius 2 is 1.74 bits per heavy atom. The summed E-state index contributed by atoms with van der Waals surface area (Å²) < 4.78 is 41.7. The van der Waals surface area contributed by atoms with E-state index in [0.29, 0.717) is 48.2 Å². The van der Waals surface area contributed by atoms with Crippen LogP contribution in [0.15, 0.2) is 30.3 Å². The van der Waals surface area contributed by atoms with Crippen LogP contribution in [-0.2, 0) is 29.6 Å². The van der Waals surface area contributed by atoms with Gasteiger partial charge in [-0.15, -0.1) is 0 Å². The van der Waals surface area contributed by atoms with Crippen molar-refractivity contribution in [3.05, 3.63) is 57.3 Å². The number of rotatable bonds is 6. The Morgan fingerprint density at radius 3 is 2.36 bits per heavy atom. The topological polar surface area (TPSA) is 70.5 Å². The van der Waals surface area contributed by atoms with E-state index in [1.165, 1.54) is 0 Å². The van der Waals surface area contributed by atoms with E-state index in [1.807, 2.05) is 28.6 Å². The molecule has 7 nitrogen and oxygen atoms in total. The van der Waals surface area contributed by atoms with Gasteiger partial charge in [-0.05, 0) is 42.2 Å². The van der Waals surface area contributed by atoms with Crippen LogP contribution in [-0.4, -0.2) is 58.6 Å². The van der Waals surface area contributed by atoms with Crippen LogP contribution >= 0.6 is 23.2 Å². The standard InChI is InChI=1S/C27H28Cl2F3N5O2/c1-16(38)36-7-9-37(10-8-36)22-14-23-21(13-20(22)29)34-24(35(23)2)12-18-11-17(3-4-19(18)28)15-33-25(39)26(5-6-26)27(30,31)32/h3-4,11,13-14H,5-10,12,15H2,1-2H3,(H,33,39). The monoisotopic (exact) mass is 581 g/mol. The number of anilines is 1. The summed E-state index contributed by atoms with van der Waals surface area (Å²) in [6.45, 7) is 4.16. The van der Waals surface area contributed by atoms with Crippen molar-refractivity contribution >= 4 is 51.7 Å². The molecular weight excluding hydrogens is 554 g/mol. The van der Waals surface area contributed by atoms with Crippen molar-refractivity contribution in [1.82, 2.24) is 19.8 Å². The number of amides is 2. The van der Waals surface area contributed by atoms with Gasteiger partial charge in [0.2, 0.25) is 11.8 Å². The number of piperazine rings is 1. The Kier molecular flexibility index (Phi) is 7.22. The molecule has 12 heteroatoms. The lowest BCUT2D eigenvalue weighted by Gasteiger charge is -2.36. The third-order valence-corrected chi connectivity index (χ3v) is 8.42. The zero-order valence-electron chi connectivity index (χ0n) is 21.5. The Bertz CT molecular complexity index is 1440. The summed E-state index contributed by atoms with van der Waals surface area (Å²) in [5.74, 6) is -0.195. The summed E-state index contributed by atoms with van der Waals surface area (Å²) in [7, 11) is 1.90. The fraction of sp³-hybridized carbons (Fsp3) is 0.444. The molecule has 0 radical (unpaired) electrons. The second-order valence-corrected chi connectivity index (χ2v) is 11.1. The number of nitrogens with one attached hydrogen (secondary N) is 1. The van der Waals surface area contributed by atoms with Gasteiger partial charge >= 0.3 is 6.18 Å². The molecule has 1 N–H and O–H groups in total. The van der Waals surface area contributed by atoms with Crippen LogP contribution in [0.4, 0.5) is 18.9 Å². The summed E-state index contributed by atoms with van der Waals surface area (Å²) in [5, 5.41) is 3.51. The molecule has 1 aliphatic heterocycles. The number of hydrogen-bond donors (Lipinski definition) is 1. The fourth-order valence-corrected chi connectivity index (χ4v) is 5.54. The largest absolute Gasteiger partial charge is 0.403 e. The number of nitrogens with zero attached hydrogens (tertiary/aromatic N) is 4. The van der Waals surface area contributed by atoms with Gasteiger partial charge in [-0.25, -0.2) is 4.98 Å². The molecule has 39 heavy (non-hydrogen) atoms. The molecule has 0 unspecified atom stereocenters. The highest BCUT2D eigenvalue weighted by molar-refractivity contribution is 6.34. The molecule has 2 aromatic carbocycles. The fourth-order valence-electron chi connectivity index (χ4n) is 5.07. The number of fused-ring (bicyclic) bond motifs is 1. The normalized spacial score (nSPS) is 17.0. The lowest BCUT2D eigenvalue weighted by atomic mass is 10.0. The van der Waals surface area contributed by atoms with Gasteiger partial charge in [0.1, 0.15) is 11.2 Å². The van der Waals surface area contributed by atoms with Crippen LogP contribution in [0.25, 0.3) is 11.0 Å². The molecule has 2 fully saturated rings. The maximum absolute atomic E-state index is 13.2. The molecule has 1 saturated carbocycles. The van der Waals surface area contributed by atoms with E-state index in [0.717, 1.165) is 28.1 Å². The molecule has 3 aromatic rings. The Morgan fingerprint density at radius 1 is 1.05 bits per heavy atom. The van der Waals surface area contributed by atoms with E-state index < -0.39 is 17.5 Å². The number of aromatic nitrogens is 2. The van der Waals surface area contributed by atoms with Crippen molar-refractivity contribution in [3.8, 4) is 0 Å². The highest BCUT2D eigenvalue weighted by Gasteiger charge is 2.68. The van der Waals surface area contributed by atoms with Crippen LogP contribution in [0.1, 0.15) is 36.7 Å². The number of benzene rings is 2. The van der Waals surface area contributed by atoms with Crippen molar-refractivity contribution < 1.29 is 22.8 Å². The summed E-state index contributed by atoms with van der Waals surface area (Å²) >= 11 is 13.1. The second kappa shape index (κ2) is 10.2. The van der Waals surface area contributed by atoms with Crippen LogP contribution in [0, 0.1) is 5.41 Å². The minimum absolute atomic E-state index is 0.0285. The molecule has 5 rings (SSSR count). The number of hydrogen-bond acceptors (Lipinski definition) is 4. The van der Waals surface area contributed by atoms with Gasteiger partial charge in [0, 0.05) is 58.1 Å². The van der Waals surface area contributed by atoms with E-state index in [9.17, 15) is 22.8 Å². The van der Waals surface area contributed by atoms with Crippen LogP contribution in [0.3, 0.4) is 0 Å². The molecule has 2 aliphatic rings. The third-order valence-electron chi connectivity index (χ3n) is 7.75. The number of carbonyl (C=O) groups is 2. The predicted molar refractivity (Wildman–Crippen MR) is 144 cm³/mol. The van der Waals surface area contributed by atoms with Gasteiger partial charge in [0.25, 0.3) is 0 Å². The van der Waals surface area contributed by atoms with Crippen molar-refractivity contribution in [2.45, 2.75) is 38.9 Å². The third kappa shape index (κ3) is 5.28. The zero-order chi connectivity index (χ0) is 28.1. The van der Waals surface area contributed by atoms with Gasteiger partial charge in [0.05, 0.1) is 21.7 Å². The molecule has 2 heterocycles. The summed E-state index contributed by atoms with van der Waals surface area (Å²) in [4.78, 5) is 32.6. The predicted octanol–water partition coefficient (Wildman–Crippen LogP) is 5.10. The lowest BCUT2D eigenvalue weighted by Crippen LogP contribution is -2.48. The molecule has 1 aromatic heterocycles. The zero-order valence-corrected chi connectivity index (χ0v) is 23.1. The van der Waals surface area contributed by atoms with Gasteiger partial charge in [-0.2, -0.15) is 13.2 Å². The SMILES string of the molecule is CC(=O)N1CCN(c2cc3c(cc2Cl)nc(Cc2cc(CNC(=O)C4(C(F)(F)F)CC4)ccc2Cl)n3C)CC1. The quantitative estimate of drug-likeness (QED) is 0.440. The number of imidazole rings is 1. The number of aryl methyl sites for hydroxylation is 1. The minimum atomic E-state index is -4.55. The molecule has 2 amide bonds. The number of carbonyl (C=O) groups excluding carboxylic acids is 2. The van der Waals surface area contributed by atoms with E-state index >= 15 is 0 Å².